The number of methoxy groups -OCH3 is 1. The van der Waals surface area contributed by atoms with E-state index in [4.69, 9.17) is 27.7 Å². The average Bonchev–Trinajstić information content (AvgIpc) is 1.82. The molecule has 10 nitrogen and oxygen atoms in total. The van der Waals surface area contributed by atoms with Crippen LogP contribution in [0.25, 0.3) is 0 Å². The molecule has 0 unspecified atom stereocenters. The first-order valence-electron chi connectivity index (χ1n) is 2.62. The number of hydrogen-bond acceptors (Lipinski definition) is 6. The third-order valence-corrected chi connectivity index (χ3v) is 0.220. The summed E-state index contributed by atoms with van der Waals surface area (Å²) in [5.74, 6) is 0. The lowest BCUT2D eigenvalue weighted by molar-refractivity contribution is 0.256. The number of nitrogens with one attached hydrogen (secondary N) is 1. The summed E-state index contributed by atoms with van der Waals surface area (Å²) in [6.45, 7) is 0. The molecule has 0 atom stereocenters. The lowest BCUT2D eigenvalue weighted by atomic mass is 11.2. The van der Waals surface area contributed by atoms with Gasteiger partial charge in [0.05, 0.1) is 7.11 Å². The monoisotopic (exact) mass is 232 g/mol. The van der Waals surface area contributed by atoms with E-state index in [1.54, 1.807) is 0 Å². The van der Waals surface area contributed by atoms with Crippen molar-refractivity contribution in [2.75, 3.05) is 7.11 Å². The molecule has 0 saturated heterocycles. The largest absolute Gasteiger partial charge is 1.00 e. The third-order valence-electron chi connectivity index (χ3n) is 0.220. The zero-order valence-electron chi connectivity index (χ0n) is 8.13. The Balaban J connectivity index is -0.0000000590. The zero-order chi connectivity index (χ0) is 12.4. The van der Waals surface area contributed by atoms with Crippen molar-refractivity contribution in [3.05, 3.63) is 0 Å². The zero-order valence-corrected chi connectivity index (χ0v) is 7.95. The van der Waals surface area contributed by atoms with E-state index in [0.29, 0.717) is 0 Å². The molecule has 0 aliphatic rings. The quantitative estimate of drug-likeness (QED) is 0.133. The van der Waals surface area contributed by atoms with Crippen LogP contribution in [0, 0.1) is 5.41 Å². The smallest absolute Gasteiger partial charge is 0.726 e. The molecule has 0 fully saturated rings. The fourth-order valence-electron chi connectivity index (χ4n) is 0. The third kappa shape index (κ3) is 5480. The number of hydrogen-bond donors (Lipinski definition) is 5. The van der Waals surface area contributed by atoms with Crippen LogP contribution < -0.4 is 17.2 Å². The second kappa shape index (κ2) is 9.50. The number of urea groups is 1. The summed E-state index contributed by atoms with van der Waals surface area (Å²) in [5, 5.41) is 6.30. The van der Waals surface area contributed by atoms with Crippen LogP contribution in [0.3, 0.4) is 0 Å². The summed E-state index contributed by atoms with van der Waals surface area (Å²) in [7, 11) is -3.57. The summed E-state index contributed by atoms with van der Waals surface area (Å²) in [6.07, 6.45) is 0. The molecule has 2 amide bonds. The number of primary amides is 2. The molecule has 0 spiro atoms. The highest BCUT2D eigenvalue weighted by Crippen LogP contribution is 1.58. The van der Waals surface area contributed by atoms with Gasteiger partial charge in [0, 0.05) is 0 Å². The normalized spacial score (nSPS) is 8.21. The predicted octanol–water partition coefficient (Wildman–Crippen LogP) is -2.33. The van der Waals surface area contributed by atoms with Gasteiger partial charge in [0.25, 0.3) is 6.02 Å². The highest BCUT2D eigenvalue weighted by atomic mass is 32.3. The number of amides is 2. The molecule has 14 heavy (non-hydrogen) atoms. The fourth-order valence-corrected chi connectivity index (χ4v) is 0. The summed E-state index contributed by atoms with van der Waals surface area (Å²) in [5.41, 5.74) is 13.2. The molecule has 0 aliphatic heterocycles. The maximum atomic E-state index is 9.00. The molecule has 0 aromatic heterocycles. The fraction of sp³-hybridized carbons (Fsp3) is 0.333. The van der Waals surface area contributed by atoms with Gasteiger partial charge in [-0.3, -0.25) is 9.96 Å². The molecule has 0 rings (SSSR count). The molecule has 0 saturated carbocycles. The van der Waals surface area contributed by atoms with Gasteiger partial charge in [0.1, 0.15) is 0 Å². The molecule has 0 aromatic carbocycles. The van der Waals surface area contributed by atoms with Gasteiger partial charge in [-0.05, 0) is 0 Å². The van der Waals surface area contributed by atoms with Gasteiger partial charge in [0.2, 0.25) is 10.4 Å². The van der Waals surface area contributed by atoms with Crippen molar-refractivity contribution in [1.82, 2.24) is 0 Å². The molecule has 0 bridgehead atoms. The second-order valence-corrected chi connectivity index (χ2v) is 2.25. The Morgan fingerprint density at radius 2 is 1.57 bits per heavy atom. The van der Waals surface area contributed by atoms with Crippen LogP contribution in [0.5, 0.6) is 0 Å². The molecule has 0 radical (unpaired) electrons. The Kier molecular flexibility index (Phi) is 12.4. The summed E-state index contributed by atoms with van der Waals surface area (Å²) < 4.78 is 36.9. The maximum absolute atomic E-state index is 9.00. The first-order valence-corrected chi connectivity index (χ1v) is 3.98. The molecule has 0 heterocycles. The van der Waals surface area contributed by atoms with E-state index in [0.717, 1.165) is 0 Å². The first kappa shape index (κ1) is 18.2. The van der Waals surface area contributed by atoms with Crippen LogP contribution in [-0.4, -0.2) is 36.7 Å². The Hall–Kier alpha value is -1.59. The van der Waals surface area contributed by atoms with Crippen molar-refractivity contribution in [3.8, 4) is 0 Å². The van der Waals surface area contributed by atoms with E-state index in [9.17, 15) is 0 Å². The van der Waals surface area contributed by atoms with E-state index in [1.807, 2.05) is 0 Å². The number of carbonyl (C=O) groups is 1. The van der Waals surface area contributed by atoms with E-state index in [1.165, 1.54) is 7.11 Å². The van der Waals surface area contributed by atoms with Gasteiger partial charge < -0.3 is 26.5 Å². The van der Waals surface area contributed by atoms with E-state index in [2.05, 4.69) is 21.9 Å². The standard InChI is InChI=1S/C2H6N2O.CH4N2O.H2O4S/c1-5-2(3)4;2-1(3)4;1-5(2,3)4/h1H3,(H3,3,4);(H4,2,3,4);(H2,1,2,3,4). The highest BCUT2D eigenvalue weighted by Gasteiger charge is 1.69. The topological polar surface area (TPSA) is 206 Å². The number of nitrogens with two attached hydrogens (primary N) is 3. The van der Waals surface area contributed by atoms with Gasteiger partial charge in [0.15, 0.2) is 0 Å². The lowest BCUT2D eigenvalue weighted by Crippen LogP contribution is -2.18. The molecule has 0 aromatic rings. The molecular formula is C3H12N4O6S. The van der Waals surface area contributed by atoms with Gasteiger partial charge in [-0.15, -0.1) is 0 Å². The highest BCUT2D eigenvalue weighted by molar-refractivity contribution is 7.79. The van der Waals surface area contributed by atoms with Crippen molar-refractivity contribution < 1.29 is 28.5 Å². The Morgan fingerprint density at radius 1 is 1.50 bits per heavy atom. The average molecular weight is 232 g/mol. The van der Waals surface area contributed by atoms with Crippen LogP contribution >= 0.6 is 0 Å². The van der Waals surface area contributed by atoms with E-state index in [-0.39, 0.29) is 7.45 Å². The number of carbonyl (C=O) groups excluding carboxylic acids is 1. The Labute approximate surface area is 81.6 Å². The molecule has 8 N–H and O–H groups in total. The van der Waals surface area contributed by atoms with Crippen LogP contribution in [0.2, 0.25) is 0 Å². The number of ether oxygens (including phenoxy) is 1. The van der Waals surface area contributed by atoms with E-state index < -0.39 is 16.4 Å². The van der Waals surface area contributed by atoms with Crippen molar-refractivity contribution >= 4 is 22.5 Å². The molecular weight excluding hydrogens is 220 g/mol. The van der Waals surface area contributed by atoms with Gasteiger partial charge >= 0.3 is 7.46 Å². The predicted molar refractivity (Wildman–Crippen MR) is 46.1 cm³/mol. The molecule has 11 heteroatoms. The van der Waals surface area contributed by atoms with Crippen molar-refractivity contribution in [1.29, 1.82) is 5.41 Å². The van der Waals surface area contributed by atoms with Crippen LogP contribution in [0.1, 0.15) is 1.43 Å². The lowest BCUT2D eigenvalue weighted by Gasteiger charge is -1.88. The SMILES string of the molecule is COC(=N)N.NC(N)=O.O=S(=O)([O-])O.[H+]. The van der Waals surface area contributed by atoms with Crippen molar-refractivity contribution in [2.45, 2.75) is 0 Å². The number of amidine groups is 1. The van der Waals surface area contributed by atoms with Gasteiger partial charge in [-0.25, -0.2) is 13.2 Å². The Bertz CT molecular complexity index is 254. The van der Waals surface area contributed by atoms with Crippen molar-refractivity contribution in [3.63, 3.8) is 0 Å². The van der Waals surface area contributed by atoms with Gasteiger partial charge in [-0.2, -0.15) is 0 Å². The van der Waals surface area contributed by atoms with Crippen molar-refractivity contribution in [2.24, 2.45) is 17.2 Å². The van der Waals surface area contributed by atoms with Gasteiger partial charge in [-0.1, -0.05) is 0 Å². The minimum Gasteiger partial charge on any atom is -0.726 e. The molecule has 86 valence electrons. The maximum Gasteiger partial charge on any atom is 1.00 e. The first-order chi connectivity index (χ1) is 6.00. The van der Waals surface area contributed by atoms with Crippen LogP contribution in [0.15, 0.2) is 0 Å². The summed E-state index contributed by atoms with van der Waals surface area (Å²) in [4.78, 5) is 9.00. The van der Waals surface area contributed by atoms with Crippen LogP contribution in [-0.2, 0) is 15.1 Å². The number of rotatable bonds is 0. The second-order valence-electron chi connectivity index (χ2n) is 1.40. The minimum absolute atomic E-state index is 0. The Morgan fingerprint density at radius 3 is 1.57 bits per heavy atom. The summed E-state index contributed by atoms with van der Waals surface area (Å²) in [6, 6.07) is -1.08. The molecule has 0 aliphatic carbocycles. The summed E-state index contributed by atoms with van der Waals surface area (Å²) >= 11 is 0. The van der Waals surface area contributed by atoms with E-state index >= 15 is 0 Å². The van der Waals surface area contributed by atoms with Crippen LogP contribution in [0.4, 0.5) is 4.79 Å². The minimum atomic E-state index is -4.92.